The second-order valence-electron chi connectivity index (χ2n) is 3.60. The molecule has 1 aromatic carbocycles. The molecule has 0 spiro atoms. The van der Waals surface area contributed by atoms with E-state index in [1.165, 1.54) is 0 Å². The molecule has 1 aromatic rings. The maximum atomic E-state index is 5.69. The van der Waals surface area contributed by atoms with Gasteiger partial charge in [0, 0.05) is 11.0 Å². The Balaban J connectivity index is 2.24. The lowest BCUT2D eigenvalue weighted by molar-refractivity contribution is 0.307. The number of aryl methyl sites for hydroxylation is 1. The van der Waals surface area contributed by atoms with Crippen molar-refractivity contribution < 1.29 is 4.74 Å². The molecular formula is C13H18BrNO. The summed E-state index contributed by atoms with van der Waals surface area (Å²) >= 11 is 3.43. The molecule has 0 aliphatic heterocycles. The van der Waals surface area contributed by atoms with E-state index in [0.29, 0.717) is 0 Å². The summed E-state index contributed by atoms with van der Waals surface area (Å²) < 4.78 is 6.77. The van der Waals surface area contributed by atoms with Crippen LogP contribution < -0.4 is 10.1 Å². The predicted molar refractivity (Wildman–Crippen MR) is 72.1 cm³/mol. The minimum Gasteiger partial charge on any atom is -0.493 e. The standard InChI is InChI=1S/C13H18BrNO/c1-3-7-15-8-4-9-16-13-6-5-12(14)10-11(13)2/h3,5-6,10,15H,1,4,7-9H2,2H3. The minimum atomic E-state index is 0.743. The summed E-state index contributed by atoms with van der Waals surface area (Å²) in [5.41, 5.74) is 1.16. The van der Waals surface area contributed by atoms with E-state index in [1.54, 1.807) is 0 Å². The zero-order chi connectivity index (χ0) is 11.8. The summed E-state index contributed by atoms with van der Waals surface area (Å²) in [6.07, 6.45) is 2.86. The molecule has 0 saturated carbocycles. The van der Waals surface area contributed by atoms with E-state index in [0.717, 1.165) is 41.9 Å². The maximum absolute atomic E-state index is 5.69. The van der Waals surface area contributed by atoms with Gasteiger partial charge in [-0.05, 0) is 43.7 Å². The third-order valence-electron chi connectivity index (χ3n) is 2.18. The van der Waals surface area contributed by atoms with Crippen LogP contribution in [0.25, 0.3) is 0 Å². The monoisotopic (exact) mass is 283 g/mol. The molecule has 0 aromatic heterocycles. The maximum Gasteiger partial charge on any atom is 0.122 e. The Morgan fingerprint density at radius 1 is 1.50 bits per heavy atom. The zero-order valence-electron chi connectivity index (χ0n) is 9.63. The number of nitrogens with one attached hydrogen (secondary N) is 1. The second-order valence-corrected chi connectivity index (χ2v) is 4.52. The van der Waals surface area contributed by atoms with Gasteiger partial charge in [-0.25, -0.2) is 0 Å². The molecule has 0 heterocycles. The molecule has 0 fully saturated rings. The van der Waals surface area contributed by atoms with Crippen LogP contribution >= 0.6 is 15.9 Å². The molecule has 88 valence electrons. The van der Waals surface area contributed by atoms with E-state index in [1.807, 2.05) is 18.2 Å². The van der Waals surface area contributed by atoms with Gasteiger partial charge in [-0.2, -0.15) is 0 Å². The van der Waals surface area contributed by atoms with Crippen LogP contribution in [-0.4, -0.2) is 19.7 Å². The molecule has 0 radical (unpaired) electrons. The van der Waals surface area contributed by atoms with Gasteiger partial charge in [0.15, 0.2) is 0 Å². The SMILES string of the molecule is C=CCNCCCOc1ccc(Br)cc1C. The fourth-order valence-electron chi connectivity index (χ4n) is 1.36. The number of hydrogen-bond donors (Lipinski definition) is 1. The van der Waals surface area contributed by atoms with E-state index in [4.69, 9.17) is 4.74 Å². The van der Waals surface area contributed by atoms with Gasteiger partial charge in [-0.15, -0.1) is 6.58 Å². The smallest absolute Gasteiger partial charge is 0.122 e. The number of rotatable bonds is 7. The van der Waals surface area contributed by atoms with Crippen molar-refractivity contribution in [2.45, 2.75) is 13.3 Å². The highest BCUT2D eigenvalue weighted by molar-refractivity contribution is 9.10. The molecule has 16 heavy (non-hydrogen) atoms. The Morgan fingerprint density at radius 2 is 2.31 bits per heavy atom. The van der Waals surface area contributed by atoms with Gasteiger partial charge in [0.1, 0.15) is 5.75 Å². The van der Waals surface area contributed by atoms with Crippen molar-refractivity contribution in [2.75, 3.05) is 19.7 Å². The van der Waals surface area contributed by atoms with Crippen LogP contribution in [0.4, 0.5) is 0 Å². The fourth-order valence-corrected chi connectivity index (χ4v) is 1.83. The lowest BCUT2D eigenvalue weighted by atomic mass is 10.2. The number of halogens is 1. The number of benzene rings is 1. The van der Waals surface area contributed by atoms with Crippen LogP contribution in [0.15, 0.2) is 35.3 Å². The van der Waals surface area contributed by atoms with Crippen LogP contribution in [0.5, 0.6) is 5.75 Å². The van der Waals surface area contributed by atoms with Crippen LogP contribution in [0.1, 0.15) is 12.0 Å². The summed E-state index contributed by atoms with van der Waals surface area (Å²) in [5.74, 6) is 0.965. The molecule has 0 aliphatic carbocycles. The highest BCUT2D eigenvalue weighted by Crippen LogP contribution is 2.22. The summed E-state index contributed by atoms with van der Waals surface area (Å²) in [6, 6.07) is 6.06. The molecule has 0 atom stereocenters. The molecule has 0 amide bonds. The lowest BCUT2D eigenvalue weighted by Gasteiger charge is -2.09. The number of hydrogen-bond acceptors (Lipinski definition) is 2. The number of ether oxygens (including phenoxy) is 1. The fraction of sp³-hybridized carbons (Fsp3) is 0.385. The highest BCUT2D eigenvalue weighted by atomic mass is 79.9. The first-order valence-electron chi connectivity index (χ1n) is 5.44. The van der Waals surface area contributed by atoms with E-state index in [9.17, 15) is 0 Å². The van der Waals surface area contributed by atoms with E-state index in [-0.39, 0.29) is 0 Å². The van der Waals surface area contributed by atoms with Crippen molar-refractivity contribution >= 4 is 15.9 Å². The minimum absolute atomic E-state index is 0.743. The first-order valence-corrected chi connectivity index (χ1v) is 6.24. The topological polar surface area (TPSA) is 21.3 Å². The van der Waals surface area contributed by atoms with Gasteiger partial charge < -0.3 is 10.1 Å². The molecule has 0 bridgehead atoms. The van der Waals surface area contributed by atoms with Gasteiger partial charge in [0.25, 0.3) is 0 Å². The third-order valence-corrected chi connectivity index (χ3v) is 2.67. The van der Waals surface area contributed by atoms with Gasteiger partial charge in [0.2, 0.25) is 0 Å². The van der Waals surface area contributed by atoms with Crippen molar-refractivity contribution in [2.24, 2.45) is 0 Å². The van der Waals surface area contributed by atoms with Crippen LogP contribution in [0.2, 0.25) is 0 Å². The van der Waals surface area contributed by atoms with Crippen molar-refractivity contribution in [1.29, 1.82) is 0 Å². The summed E-state index contributed by atoms with van der Waals surface area (Å²) in [7, 11) is 0. The molecule has 0 unspecified atom stereocenters. The largest absolute Gasteiger partial charge is 0.493 e. The van der Waals surface area contributed by atoms with E-state index in [2.05, 4.69) is 40.8 Å². The molecule has 1 rings (SSSR count). The van der Waals surface area contributed by atoms with E-state index < -0.39 is 0 Å². The summed E-state index contributed by atoms with van der Waals surface area (Å²) in [5, 5.41) is 3.24. The van der Waals surface area contributed by atoms with Crippen LogP contribution in [-0.2, 0) is 0 Å². The Bertz CT molecular complexity index is 339. The third kappa shape index (κ3) is 4.81. The highest BCUT2D eigenvalue weighted by Gasteiger charge is 1.99. The first kappa shape index (κ1) is 13.3. The van der Waals surface area contributed by atoms with Gasteiger partial charge in [-0.3, -0.25) is 0 Å². The quantitative estimate of drug-likeness (QED) is 0.612. The average molecular weight is 284 g/mol. The normalized spacial score (nSPS) is 10.1. The van der Waals surface area contributed by atoms with Crippen molar-refractivity contribution in [3.8, 4) is 5.75 Å². The molecule has 1 N–H and O–H groups in total. The van der Waals surface area contributed by atoms with Crippen LogP contribution in [0.3, 0.4) is 0 Å². The lowest BCUT2D eigenvalue weighted by Crippen LogP contribution is -2.17. The zero-order valence-corrected chi connectivity index (χ0v) is 11.2. The van der Waals surface area contributed by atoms with Crippen molar-refractivity contribution in [3.05, 3.63) is 40.9 Å². The molecule has 2 nitrogen and oxygen atoms in total. The Hall–Kier alpha value is -0.800. The Morgan fingerprint density at radius 3 is 3.00 bits per heavy atom. The summed E-state index contributed by atoms with van der Waals surface area (Å²) in [4.78, 5) is 0. The van der Waals surface area contributed by atoms with Gasteiger partial charge in [0.05, 0.1) is 6.61 Å². The van der Waals surface area contributed by atoms with Gasteiger partial charge in [-0.1, -0.05) is 22.0 Å². The molecular weight excluding hydrogens is 266 g/mol. The van der Waals surface area contributed by atoms with Gasteiger partial charge >= 0.3 is 0 Å². The molecule has 0 saturated heterocycles. The predicted octanol–water partition coefficient (Wildman–Crippen LogP) is 3.30. The average Bonchev–Trinajstić information content (AvgIpc) is 2.26. The Labute approximate surface area is 106 Å². The molecule has 0 aliphatic rings. The van der Waals surface area contributed by atoms with E-state index >= 15 is 0 Å². The molecule has 3 heteroatoms. The second kappa shape index (κ2) is 7.47. The van der Waals surface area contributed by atoms with Crippen LogP contribution in [0, 0.1) is 6.92 Å². The first-order chi connectivity index (χ1) is 7.74. The van der Waals surface area contributed by atoms with Crippen molar-refractivity contribution in [1.82, 2.24) is 5.32 Å². The summed E-state index contributed by atoms with van der Waals surface area (Å²) in [6.45, 7) is 8.26. The Kier molecular flexibility index (Phi) is 6.19. The van der Waals surface area contributed by atoms with Crippen molar-refractivity contribution in [3.63, 3.8) is 0 Å².